The van der Waals surface area contributed by atoms with Crippen LogP contribution in [-0.2, 0) is 19.1 Å². The second-order valence-corrected chi connectivity index (χ2v) is 5.41. The molecule has 0 unspecified atom stereocenters. The molecule has 0 aromatic heterocycles. The van der Waals surface area contributed by atoms with Crippen LogP contribution >= 0.6 is 0 Å². The van der Waals surface area contributed by atoms with Crippen molar-refractivity contribution in [1.29, 1.82) is 0 Å². The summed E-state index contributed by atoms with van der Waals surface area (Å²) in [5, 5.41) is 0. The molecule has 0 radical (unpaired) electrons. The van der Waals surface area contributed by atoms with Gasteiger partial charge in [0.05, 0.1) is 13.7 Å². The van der Waals surface area contributed by atoms with Crippen molar-refractivity contribution in [3.63, 3.8) is 0 Å². The maximum absolute atomic E-state index is 12.4. The third-order valence-electron chi connectivity index (χ3n) is 3.54. The molecule has 2 aromatic carbocycles. The van der Waals surface area contributed by atoms with Crippen molar-refractivity contribution >= 4 is 11.9 Å². The fourth-order valence-corrected chi connectivity index (χ4v) is 2.38. The first-order valence-electron chi connectivity index (χ1n) is 8.24. The lowest BCUT2D eigenvalue weighted by molar-refractivity contribution is -0.173. The molecule has 2 rings (SSSR count). The zero-order valence-corrected chi connectivity index (χ0v) is 15.0. The summed E-state index contributed by atoms with van der Waals surface area (Å²) in [4.78, 5) is 23.9. The van der Waals surface area contributed by atoms with Crippen molar-refractivity contribution in [2.45, 2.75) is 26.1 Å². The Morgan fingerprint density at radius 1 is 0.962 bits per heavy atom. The highest BCUT2D eigenvalue weighted by molar-refractivity contribution is 5.79. The minimum absolute atomic E-state index is 0.167. The van der Waals surface area contributed by atoms with Gasteiger partial charge in [-0.3, -0.25) is 4.79 Å². The first-order valence-corrected chi connectivity index (χ1v) is 8.24. The summed E-state index contributed by atoms with van der Waals surface area (Å²) in [6.07, 6.45) is -2.08. The largest absolute Gasteiger partial charge is 0.497 e. The number of ether oxygens (including phenoxy) is 4. The van der Waals surface area contributed by atoms with E-state index in [0.717, 1.165) is 0 Å². The summed E-state index contributed by atoms with van der Waals surface area (Å²) in [7, 11) is 1.57. The van der Waals surface area contributed by atoms with Crippen molar-refractivity contribution in [1.82, 2.24) is 0 Å². The Labute approximate surface area is 152 Å². The summed E-state index contributed by atoms with van der Waals surface area (Å²) < 4.78 is 21.4. The minimum atomic E-state index is -1.23. The van der Waals surface area contributed by atoms with Gasteiger partial charge in [0.1, 0.15) is 11.5 Å². The fraction of sp³-hybridized carbons (Fsp3) is 0.300. The number of carbonyl (C=O) groups excluding carboxylic acids is 2. The van der Waals surface area contributed by atoms with E-state index in [1.54, 1.807) is 50.4 Å². The number of benzene rings is 2. The van der Waals surface area contributed by atoms with E-state index in [4.69, 9.17) is 18.9 Å². The highest BCUT2D eigenvalue weighted by Gasteiger charge is 2.35. The third-order valence-corrected chi connectivity index (χ3v) is 3.54. The van der Waals surface area contributed by atoms with Gasteiger partial charge in [-0.1, -0.05) is 30.3 Å². The lowest BCUT2D eigenvalue weighted by Gasteiger charge is -2.26. The molecule has 0 N–H and O–H groups in total. The van der Waals surface area contributed by atoms with Crippen molar-refractivity contribution in [2.75, 3.05) is 13.7 Å². The molecule has 0 amide bonds. The van der Waals surface area contributed by atoms with Crippen LogP contribution in [0.3, 0.4) is 0 Å². The van der Waals surface area contributed by atoms with Crippen LogP contribution in [0.1, 0.15) is 25.5 Å². The van der Waals surface area contributed by atoms with E-state index in [-0.39, 0.29) is 6.61 Å². The second kappa shape index (κ2) is 9.46. The molecule has 0 bridgehead atoms. The van der Waals surface area contributed by atoms with E-state index >= 15 is 0 Å². The van der Waals surface area contributed by atoms with Gasteiger partial charge in [0.15, 0.2) is 6.10 Å². The predicted octanol–water partition coefficient (Wildman–Crippen LogP) is 3.31. The van der Waals surface area contributed by atoms with Gasteiger partial charge < -0.3 is 18.9 Å². The Balaban J connectivity index is 2.36. The number of hydrogen-bond donors (Lipinski definition) is 0. The molecular weight excluding hydrogens is 336 g/mol. The van der Waals surface area contributed by atoms with Gasteiger partial charge in [0.2, 0.25) is 6.10 Å². The summed E-state index contributed by atoms with van der Waals surface area (Å²) in [5.41, 5.74) is 0.683. The molecule has 26 heavy (non-hydrogen) atoms. The minimum Gasteiger partial charge on any atom is -0.497 e. The number of hydrogen-bond acceptors (Lipinski definition) is 6. The van der Waals surface area contributed by atoms with Crippen molar-refractivity contribution < 1.29 is 28.5 Å². The van der Waals surface area contributed by atoms with E-state index in [1.165, 1.54) is 6.92 Å². The SMILES string of the molecule is CCOC(=O)[C@H](OC(C)=O)[C@@H](Oc1ccc(OC)cc1)c1ccccc1. The van der Waals surface area contributed by atoms with E-state index in [9.17, 15) is 9.59 Å². The lowest BCUT2D eigenvalue weighted by Crippen LogP contribution is -2.37. The average Bonchev–Trinajstić information content (AvgIpc) is 2.65. The smallest absolute Gasteiger partial charge is 0.351 e. The summed E-state index contributed by atoms with van der Waals surface area (Å²) in [6, 6.07) is 16.0. The molecule has 6 nitrogen and oxygen atoms in total. The van der Waals surface area contributed by atoms with Gasteiger partial charge in [0.25, 0.3) is 0 Å². The molecule has 6 heteroatoms. The second-order valence-electron chi connectivity index (χ2n) is 5.41. The topological polar surface area (TPSA) is 71.1 Å². The molecule has 0 aliphatic carbocycles. The molecule has 0 aliphatic rings. The van der Waals surface area contributed by atoms with Crippen LogP contribution < -0.4 is 9.47 Å². The monoisotopic (exact) mass is 358 g/mol. The Kier molecular flexibility index (Phi) is 7.02. The standard InChI is InChI=1S/C20H22O6/c1-4-24-20(22)19(25-14(2)21)18(15-8-6-5-7-9-15)26-17-12-10-16(23-3)11-13-17/h5-13,18-19H,4H2,1-3H3/t18-,19+/m0/s1. The summed E-state index contributed by atoms with van der Waals surface area (Å²) in [5.74, 6) is -0.0796. The fourth-order valence-electron chi connectivity index (χ4n) is 2.38. The third kappa shape index (κ3) is 5.24. The van der Waals surface area contributed by atoms with Crippen LogP contribution in [-0.4, -0.2) is 31.8 Å². The van der Waals surface area contributed by atoms with E-state index in [1.807, 2.05) is 18.2 Å². The van der Waals surface area contributed by atoms with Crippen LogP contribution in [0.15, 0.2) is 54.6 Å². The summed E-state index contributed by atoms with van der Waals surface area (Å²) in [6.45, 7) is 3.09. The Bertz CT molecular complexity index is 711. The molecular formula is C20H22O6. The van der Waals surface area contributed by atoms with Crippen LogP contribution in [0.2, 0.25) is 0 Å². The van der Waals surface area contributed by atoms with Crippen molar-refractivity contribution in [3.8, 4) is 11.5 Å². The molecule has 0 saturated heterocycles. The number of carbonyl (C=O) groups is 2. The quantitative estimate of drug-likeness (QED) is 0.674. The molecule has 0 saturated carbocycles. The van der Waals surface area contributed by atoms with E-state index in [0.29, 0.717) is 17.1 Å². The molecule has 2 atom stereocenters. The Hall–Kier alpha value is -3.02. The molecule has 0 spiro atoms. The van der Waals surface area contributed by atoms with E-state index < -0.39 is 24.1 Å². The number of esters is 2. The predicted molar refractivity (Wildman–Crippen MR) is 95.0 cm³/mol. The van der Waals surface area contributed by atoms with Crippen LogP contribution in [0, 0.1) is 0 Å². The average molecular weight is 358 g/mol. The Morgan fingerprint density at radius 3 is 2.12 bits per heavy atom. The van der Waals surface area contributed by atoms with Crippen LogP contribution in [0.5, 0.6) is 11.5 Å². The molecule has 2 aromatic rings. The van der Waals surface area contributed by atoms with Gasteiger partial charge in [-0.15, -0.1) is 0 Å². The molecule has 0 aliphatic heterocycles. The highest BCUT2D eigenvalue weighted by atomic mass is 16.6. The maximum Gasteiger partial charge on any atom is 0.351 e. The van der Waals surface area contributed by atoms with Gasteiger partial charge in [-0.25, -0.2) is 4.79 Å². The Morgan fingerprint density at radius 2 is 1.58 bits per heavy atom. The normalized spacial score (nSPS) is 12.6. The van der Waals surface area contributed by atoms with Gasteiger partial charge in [-0.05, 0) is 36.8 Å². The van der Waals surface area contributed by atoms with Gasteiger partial charge in [0, 0.05) is 6.92 Å². The molecule has 138 valence electrons. The summed E-state index contributed by atoms with van der Waals surface area (Å²) >= 11 is 0. The van der Waals surface area contributed by atoms with Crippen molar-refractivity contribution in [3.05, 3.63) is 60.2 Å². The van der Waals surface area contributed by atoms with Gasteiger partial charge >= 0.3 is 11.9 Å². The zero-order valence-electron chi connectivity index (χ0n) is 15.0. The molecule has 0 fully saturated rings. The number of methoxy groups -OCH3 is 1. The first-order chi connectivity index (χ1) is 12.5. The van der Waals surface area contributed by atoms with Gasteiger partial charge in [-0.2, -0.15) is 0 Å². The van der Waals surface area contributed by atoms with Crippen LogP contribution in [0.25, 0.3) is 0 Å². The zero-order chi connectivity index (χ0) is 18.9. The maximum atomic E-state index is 12.4. The lowest BCUT2D eigenvalue weighted by atomic mass is 10.0. The van der Waals surface area contributed by atoms with Crippen LogP contribution in [0.4, 0.5) is 0 Å². The van der Waals surface area contributed by atoms with E-state index in [2.05, 4.69) is 0 Å². The highest BCUT2D eigenvalue weighted by Crippen LogP contribution is 2.29. The first kappa shape index (κ1) is 19.3. The molecule has 0 heterocycles. The van der Waals surface area contributed by atoms with Crippen molar-refractivity contribution in [2.24, 2.45) is 0 Å². The number of rotatable bonds is 8.